The number of ether oxygens (including phenoxy) is 2. The highest BCUT2D eigenvalue weighted by Crippen LogP contribution is 2.32. The molecule has 10 nitrogen and oxygen atoms in total. The first-order valence-corrected chi connectivity index (χ1v) is 11.6. The van der Waals surface area contributed by atoms with E-state index in [9.17, 15) is 9.18 Å². The van der Waals surface area contributed by atoms with E-state index in [1.807, 2.05) is 6.07 Å². The third kappa shape index (κ3) is 5.19. The predicted molar refractivity (Wildman–Crippen MR) is 122 cm³/mol. The van der Waals surface area contributed by atoms with Crippen LogP contribution in [0.2, 0.25) is 0 Å². The highest BCUT2D eigenvalue weighted by Gasteiger charge is 2.33. The number of carbonyl (C=O) groups excluding carboxylic acids is 1. The molecule has 3 aliphatic rings. The Hall–Kier alpha value is -3.47. The molecule has 1 aromatic heterocycles. The molecule has 5 rings (SSSR count). The molecule has 1 aliphatic carbocycles. The summed E-state index contributed by atoms with van der Waals surface area (Å²) >= 11 is 0. The molecule has 2 aliphatic heterocycles. The van der Waals surface area contributed by atoms with E-state index >= 15 is 0 Å². The largest absolute Gasteiger partial charge is 0.492 e. The number of halogens is 1. The standard InChI is InChI=1S/C23H28FN7O3/c24-21-10-19(33-6-5-30-15-27-14-29-30)9-17-7-16(8-20(17)21)11-25-2-1-18-13-31(23(32)34-18)22-12-26-3-4-28-22/h4,9-10,12,14-16,18,25-26H,1-3,5-8,11,13H2. The Morgan fingerprint density at radius 3 is 3.09 bits per heavy atom. The topological polar surface area (TPSA) is 106 Å². The maximum absolute atomic E-state index is 14.6. The van der Waals surface area contributed by atoms with E-state index in [1.165, 1.54) is 12.4 Å². The Kier molecular flexibility index (Phi) is 6.70. The molecule has 2 N–H and O–H groups in total. The van der Waals surface area contributed by atoms with Gasteiger partial charge in [-0.15, -0.1) is 0 Å². The number of benzene rings is 1. The van der Waals surface area contributed by atoms with Crippen LogP contribution in [-0.2, 0) is 24.1 Å². The van der Waals surface area contributed by atoms with E-state index in [-0.39, 0.29) is 18.0 Å². The fourth-order valence-corrected chi connectivity index (χ4v) is 4.54. The molecule has 0 saturated carbocycles. The lowest BCUT2D eigenvalue weighted by molar-refractivity contribution is 0.130. The summed E-state index contributed by atoms with van der Waals surface area (Å²) in [6.07, 6.45) is 8.25. The third-order valence-corrected chi connectivity index (χ3v) is 6.21. The molecule has 0 spiro atoms. The van der Waals surface area contributed by atoms with Crippen LogP contribution in [-0.4, -0.2) is 70.9 Å². The van der Waals surface area contributed by atoms with E-state index in [0.29, 0.717) is 56.6 Å². The second-order valence-electron chi connectivity index (χ2n) is 8.66. The molecule has 1 aromatic carbocycles. The first kappa shape index (κ1) is 22.3. The van der Waals surface area contributed by atoms with Crippen LogP contribution in [0.5, 0.6) is 5.75 Å². The van der Waals surface area contributed by atoms with Gasteiger partial charge in [0.15, 0.2) is 5.82 Å². The van der Waals surface area contributed by atoms with Crippen LogP contribution in [0.15, 0.2) is 41.8 Å². The van der Waals surface area contributed by atoms with Gasteiger partial charge in [-0.25, -0.2) is 23.8 Å². The SMILES string of the molecule is O=C1OC(CCNCC2Cc3cc(OCCn4cncn4)cc(F)c3C2)CN1C1=CNCC=N1. The van der Waals surface area contributed by atoms with Crippen LogP contribution in [0, 0.1) is 11.7 Å². The smallest absolute Gasteiger partial charge is 0.415 e. The van der Waals surface area contributed by atoms with Gasteiger partial charge in [-0.2, -0.15) is 5.10 Å². The van der Waals surface area contributed by atoms with Crippen LogP contribution < -0.4 is 15.4 Å². The highest BCUT2D eigenvalue weighted by atomic mass is 19.1. The van der Waals surface area contributed by atoms with Crippen molar-refractivity contribution in [3.05, 3.63) is 53.8 Å². The minimum Gasteiger partial charge on any atom is -0.492 e. The van der Waals surface area contributed by atoms with Gasteiger partial charge in [0.1, 0.15) is 36.9 Å². The monoisotopic (exact) mass is 469 g/mol. The maximum Gasteiger partial charge on any atom is 0.415 e. The average molecular weight is 470 g/mol. The number of amides is 1. The lowest BCUT2D eigenvalue weighted by Crippen LogP contribution is -2.29. The van der Waals surface area contributed by atoms with Gasteiger partial charge in [-0.3, -0.25) is 4.90 Å². The lowest BCUT2D eigenvalue weighted by Gasteiger charge is -2.16. The Morgan fingerprint density at radius 1 is 1.32 bits per heavy atom. The summed E-state index contributed by atoms with van der Waals surface area (Å²) < 4.78 is 27.5. The minimum absolute atomic E-state index is 0.173. The fourth-order valence-electron chi connectivity index (χ4n) is 4.54. The van der Waals surface area contributed by atoms with Crippen LogP contribution >= 0.6 is 0 Å². The average Bonchev–Trinajstić information content (AvgIpc) is 3.58. The van der Waals surface area contributed by atoms with E-state index in [2.05, 4.69) is 25.7 Å². The normalized spacial score (nSPS) is 21.3. The molecule has 2 aromatic rings. The van der Waals surface area contributed by atoms with Crippen molar-refractivity contribution in [3.63, 3.8) is 0 Å². The summed E-state index contributed by atoms with van der Waals surface area (Å²) in [6, 6.07) is 3.42. The number of nitrogens with zero attached hydrogens (tertiary/aromatic N) is 5. The summed E-state index contributed by atoms with van der Waals surface area (Å²) in [6.45, 7) is 3.60. The van der Waals surface area contributed by atoms with Gasteiger partial charge < -0.3 is 20.1 Å². The van der Waals surface area contributed by atoms with E-state index in [0.717, 1.165) is 30.6 Å². The highest BCUT2D eigenvalue weighted by molar-refractivity contribution is 5.73. The number of fused-ring (bicyclic) bond motifs is 1. The summed E-state index contributed by atoms with van der Waals surface area (Å²) in [5.74, 6) is 1.25. The van der Waals surface area contributed by atoms with E-state index < -0.39 is 0 Å². The fraction of sp³-hybridized carbons (Fsp3) is 0.478. The molecular weight excluding hydrogens is 441 g/mol. The molecule has 11 heteroatoms. The van der Waals surface area contributed by atoms with E-state index in [4.69, 9.17) is 9.47 Å². The van der Waals surface area contributed by atoms with Gasteiger partial charge in [0.05, 0.1) is 13.1 Å². The zero-order chi connectivity index (χ0) is 23.3. The molecule has 0 radical (unpaired) electrons. The number of aliphatic imine (C=N–C) groups is 1. The zero-order valence-electron chi connectivity index (χ0n) is 18.8. The molecule has 34 heavy (non-hydrogen) atoms. The van der Waals surface area contributed by atoms with Gasteiger partial charge in [0, 0.05) is 25.0 Å². The van der Waals surface area contributed by atoms with Crippen LogP contribution in [0.3, 0.4) is 0 Å². The van der Waals surface area contributed by atoms with Crippen LogP contribution in [0.25, 0.3) is 0 Å². The molecule has 180 valence electrons. The van der Waals surface area contributed by atoms with Gasteiger partial charge in [0.25, 0.3) is 0 Å². The van der Waals surface area contributed by atoms with Crippen LogP contribution in [0.1, 0.15) is 17.5 Å². The Morgan fingerprint density at radius 2 is 2.26 bits per heavy atom. The van der Waals surface area contributed by atoms with Crippen molar-refractivity contribution in [2.45, 2.75) is 31.9 Å². The van der Waals surface area contributed by atoms with Crippen molar-refractivity contribution in [3.8, 4) is 5.75 Å². The van der Waals surface area contributed by atoms with Gasteiger partial charge in [-0.05, 0) is 55.5 Å². The van der Waals surface area contributed by atoms with Crippen molar-refractivity contribution in [2.24, 2.45) is 10.9 Å². The number of aromatic nitrogens is 3. The maximum atomic E-state index is 14.6. The molecule has 0 bridgehead atoms. The zero-order valence-corrected chi connectivity index (χ0v) is 18.8. The van der Waals surface area contributed by atoms with Crippen molar-refractivity contribution in [1.29, 1.82) is 0 Å². The quantitative estimate of drug-likeness (QED) is 0.508. The first-order valence-electron chi connectivity index (χ1n) is 11.6. The third-order valence-electron chi connectivity index (χ3n) is 6.21. The minimum atomic E-state index is -0.363. The Labute approximate surface area is 196 Å². The first-order chi connectivity index (χ1) is 16.7. The summed E-state index contributed by atoms with van der Waals surface area (Å²) in [5, 5.41) is 10.5. The van der Waals surface area contributed by atoms with Gasteiger partial charge in [-0.1, -0.05) is 0 Å². The summed E-state index contributed by atoms with van der Waals surface area (Å²) in [7, 11) is 0. The number of hydrogen-bond donors (Lipinski definition) is 2. The second-order valence-corrected chi connectivity index (χ2v) is 8.66. The van der Waals surface area contributed by atoms with Gasteiger partial charge >= 0.3 is 6.09 Å². The predicted octanol–water partition coefficient (Wildman–Crippen LogP) is 1.48. The molecule has 1 amide bonds. The van der Waals surface area contributed by atoms with Crippen molar-refractivity contribution in [2.75, 3.05) is 32.8 Å². The lowest BCUT2D eigenvalue weighted by atomic mass is 10.1. The van der Waals surface area contributed by atoms with Crippen LogP contribution in [0.4, 0.5) is 9.18 Å². The second kappa shape index (κ2) is 10.2. The van der Waals surface area contributed by atoms with Crippen molar-refractivity contribution >= 4 is 12.3 Å². The number of carbonyl (C=O) groups is 1. The molecule has 2 atom stereocenters. The van der Waals surface area contributed by atoms with Crippen molar-refractivity contribution < 1.29 is 18.7 Å². The molecule has 1 saturated heterocycles. The Balaban J connectivity index is 1.04. The Bertz CT molecular complexity index is 1070. The summed E-state index contributed by atoms with van der Waals surface area (Å²) in [5.41, 5.74) is 1.79. The molecule has 3 heterocycles. The molecule has 1 fully saturated rings. The number of cyclic esters (lactones) is 1. The molecular formula is C23H28FN7O3. The molecule has 2 unspecified atom stereocenters. The van der Waals surface area contributed by atoms with Gasteiger partial charge in [0.2, 0.25) is 0 Å². The number of hydrogen-bond acceptors (Lipinski definition) is 8. The number of nitrogens with one attached hydrogen (secondary N) is 2. The summed E-state index contributed by atoms with van der Waals surface area (Å²) in [4.78, 5) is 21.8. The number of rotatable bonds is 10. The van der Waals surface area contributed by atoms with Crippen molar-refractivity contribution in [1.82, 2.24) is 30.3 Å². The van der Waals surface area contributed by atoms with E-state index in [1.54, 1.807) is 28.3 Å².